The fraction of sp³-hybridized carbons (Fsp3) is 0.372. The Hall–Kier alpha value is -4.09. The Bertz CT molecular complexity index is 2000. The SMILES string of the molecule is CN1CCCC(n2nc(Cc3ccc(Cl)cc3)c3ccccc3c2=O)CC1.O=C(O)COCCN1CCN(C(c2ccccc2)c2ccc(Cl)cc2)CC1. The van der Waals surface area contributed by atoms with Crippen molar-refractivity contribution in [1.29, 1.82) is 0 Å². The average molecular weight is 771 g/mol. The van der Waals surface area contributed by atoms with Gasteiger partial charge in [0.25, 0.3) is 5.56 Å². The number of likely N-dealkylation sites (tertiary alicyclic amines) is 1. The summed E-state index contributed by atoms with van der Waals surface area (Å²) in [6.07, 6.45) is 3.73. The Labute approximate surface area is 327 Å². The first kappa shape index (κ1) is 39.6. The molecule has 2 saturated heterocycles. The number of carboxylic acid groups (broad SMARTS) is 1. The van der Waals surface area contributed by atoms with E-state index in [9.17, 15) is 9.59 Å². The van der Waals surface area contributed by atoms with Crippen LogP contribution in [0.25, 0.3) is 10.8 Å². The van der Waals surface area contributed by atoms with Gasteiger partial charge in [-0.2, -0.15) is 5.10 Å². The molecule has 3 heterocycles. The first-order chi connectivity index (χ1) is 26.2. The second-order valence-electron chi connectivity index (χ2n) is 14.1. The van der Waals surface area contributed by atoms with Gasteiger partial charge < -0.3 is 14.7 Å². The molecule has 2 aliphatic heterocycles. The topological polar surface area (TPSA) is 91.1 Å². The van der Waals surface area contributed by atoms with E-state index in [0.29, 0.717) is 13.0 Å². The van der Waals surface area contributed by atoms with Crippen LogP contribution in [0.4, 0.5) is 0 Å². The molecular formula is C43H49Cl2N5O4. The van der Waals surface area contributed by atoms with Crippen LogP contribution in [0.15, 0.2) is 108 Å². The summed E-state index contributed by atoms with van der Waals surface area (Å²) in [6.45, 7) is 6.83. The second kappa shape index (κ2) is 19.5. The van der Waals surface area contributed by atoms with E-state index in [-0.39, 0.29) is 24.2 Å². The molecule has 0 saturated carbocycles. The predicted molar refractivity (Wildman–Crippen MR) is 217 cm³/mol. The van der Waals surface area contributed by atoms with Crippen molar-refractivity contribution < 1.29 is 14.6 Å². The number of hydrogen-bond donors (Lipinski definition) is 1. The lowest BCUT2D eigenvalue weighted by molar-refractivity contribution is -0.142. The smallest absolute Gasteiger partial charge is 0.329 e. The van der Waals surface area contributed by atoms with Gasteiger partial charge in [-0.25, -0.2) is 9.48 Å². The van der Waals surface area contributed by atoms with Gasteiger partial charge in [-0.3, -0.25) is 14.6 Å². The van der Waals surface area contributed by atoms with Crippen LogP contribution in [-0.2, 0) is 16.0 Å². The number of aromatic nitrogens is 2. The van der Waals surface area contributed by atoms with Gasteiger partial charge in [0.05, 0.1) is 29.8 Å². The molecular weight excluding hydrogens is 721 g/mol. The minimum absolute atomic E-state index is 0.0278. The van der Waals surface area contributed by atoms with Crippen LogP contribution in [0, 0.1) is 0 Å². The van der Waals surface area contributed by atoms with Gasteiger partial charge in [0, 0.05) is 54.6 Å². The van der Waals surface area contributed by atoms with Crippen LogP contribution < -0.4 is 5.56 Å². The van der Waals surface area contributed by atoms with E-state index in [0.717, 1.165) is 97.2 Å². The van der Waals surface area contributed by atoms with E-state index in [1.807, 2.05) is 66.7 Å². The zero-order valence-electron chi connectivity index (χ0n) is 30.8. The van der Waals surface area contributed by atoms with Crippen LogP contribution in [0.5, 0.6) is 0 Å². The molecule has 0 bridgehead atoms. The molecule has 5 aromatic rings. The lowest BCUT2D eigenvalue weighted by atomic mass is 9.96. The average Bonchev–Trinajstić information content (AvgIpc) is 3.41. The molecule has 4 aromatic carbocycles. The maximum Gasteiger partial charge on any atom is 0.329 e. The van der Waals surface area contributed by atoms with Crippen molar-refractivity contribution >= 4 is 39.9 Å². The third-order valence-electron chi connectivity index (χ3n) is 10.3. The number of aliphatic carboxylic acids is 1. The third kappa shape index (κ3) is 10.8. The Morgan fingerprint density at radius 2 is 1.43 bits per heavy atom. The number of piperazine rings is 1. The van der Waals surface area contributed by atoms with Crippen LogP contribution in [-0.4, -0.2) is 102 Å². The highest BCUT2D eigenvalue weighted by Crippen LogP contribution is 2.30. The molecule has 54 heavy (non-hydrogen) atoms. The van der Waals surface area contributed by atoms with Crippen molar-refractivity contribution in [3.63, 3.8) is 0 Å². The second-order valence-corrected chi connectivity index (χ2v) is 15.0. The lowest BCUT2D eigenvalue weighted by Crippen LogP contribution is -2.48. The molecule has 2 unspecified atom stereocenters. The quantitative estimate of drug-likeness (QED) is 0.139. The normalized spacial score (nSPS) is 17.7. The van der Waals surface area contributed by atoms with Crippen LogP contribution in [0.3, 0.4) is 0 Å². The Morgan fingerprint density at radius 1 is 0.796 bits per heavy atom. The number of rotatable bonds is 11. The standard InChI is InChI=1S/C22H24ClN3O.C21H25ClN2O3/c1-25-13-4-5-18(12-14-25)26-22(27)20-7-3-2-6-19(20)21(24-26)15-16-8-10-17(23)11-9-16;22-19-8-6-18(7-9-19)21(17-4-2-1-3-5-17)24-12-10-23(11-13-24)14-15-27-16-20(25)26/h2-3,6-11,18H,4-5,12-15H2,1H3;1-9,21H,10-16H2,(H,25,26). The van der Waals surface area contributed by atoms with Crippen molar-refractivity contribution in [3.8, 4) is 0 Å². The summed E-state index contributed by atoms with van der Waals surface area (Å²) in [6, 6.07) is 34.7. The minimum atomic E-state index is -0.923. The number of fused-ring (bicyclic) bond motifs is 1. The van der Waals surface area contributed by atoms with E-state index in [2.05, 4.69) is 58.1 Å². The van der Waals surface area contributed by atoms with Gasteiger partial charge in [-0.05, 0) is 86.4 Å². The number of hydrogen-bond acceptors (Lipinski definition) is 7. The van der Waals surface area contributed by atoms with Crippen molar-refractivity contribution in [2.75, 3.05) is 66.1 Å². The molecule has 1 aromatic heterocycles. The molecule has 0 aliphatic carbocycles. The summed E-state index contributed by atoms with van der Waals surface area (Å²) in [4.78, 5) is 30.8. The van der Waals surface area contributed by atoms with Crippen molar-refractivity contribution in [3.05, 3.63) is 146 Å². The summed E-state index contributed by atoms with van der Waals surface area (Å²) in [5, 5.41) is 16.7. The molecule has 2 atom stereocenters. The molecule has 1 N–H and O–H groups in total. The molecule has 2 fully saturated rings. The number of halogens is 2. The molecule has 11 heteroatoms. The van der Waals surface area contributed by atoms with Gasteiger partial charge in [-0.15, -0.1) is 0 Å². The number of ether oxygens (including phenoxy) is 1. The highest BCUT2D eigenvalue weighted by atomic mass is 35.5. The zero-order valence-corrected chi connectivity index (χ0v) is 32.3. The fourth-order valence-electron chi connectivity index (χ4n) is 7.41. The molecule has 0 amide bonds. The van der Waals surface area contributed by atoms with Gasteiger partial charge in [-0.1, -0.05) is 96.0 Å². The van der Waals surface area contributed by atoms with E-state index < -0.39 is 5.97 Å². The predicted octanol–water partition coefficient (Wildman–Crippen LogP) is 7.45. The maximum absolute atomic E-state index is 13.1. The van der Waals surface area contributed by atoms with E-state index in [4.69, 9.17) is 38.1 Å². The molecule has 2 aliphatic rings. The number of benzene rings is 4. The fourth-order valence-corrected chi connectivity index (χ4v) is 7.66. The van der Waals surface area contributed by atoms with Crippen LogP contribution in [0.1, 0.15) is 53.7 Å². The molecule has 0 spiro atoms. The Kier molecular flexibility index (Phi) is 14.3. The summed E-state index contributed by atoms with van der Waals surface area (Å²) in [7, 11) is 2.14. The highest BCUT2D eigenvalue weighted by molar-refractivity contribution is 6.30. The van der Waals surface area contributed by atoms with Gasteiger partial charge in [0.15, 0.2) is 0 Å². The first-order valence-electron chi connectivity index (χ1n) is 18.7. The largest absolute Gasteiger partial charge is 0.480 e. The Balaban J connectivity index is 0.000000184. The number of nitrogens with zero attached hydrogens (tertiary/aromatic N) is 5. The Morgan fingerprint density at radius 3 is 2.11 bits per heavy atom. The summed E-state index contributed by atoms with van der Waals surface area (Å²) < 4.78 is 6.91. The van der Waals surface area contributed by atoms with Crippen molar-refractivity contribution in [2.45, 2.75) is 37.8 Å². The van der Waals surface area contributed by atoms with Gasteiger partial charge >= 0.3 is 5.97 Å². The maximum atomic E-state index is 13.1. The van der Waals surface area contributed by atoms with Gasteiger partial charge in [0.2, 0.25) is 0 Å². The van der Waals surface area contributed by atoms with Crippen molar-refractivity contribution in [1.82, 2.24) is 24.5 Å². The zero-order chi connectivity index (χ0) is 37.9. The number of carboxylic acids is 1. The minimum Gasteiger partial charge on any atom is -0.480 e. The lowest BCUT2D eigenvalue weighted by Gasteiger charge is -2.39. The number of carbonyl (C=O) groups is 1. The van der Waals surface area contributed by atoms with Crippen LogP contribution in [0.2, 0.25) is 10.0 Å². The molecule has 7 rings (SSSR count). The van der Waals surface area contributed by atoms with Crippen LogP contribution >= 0.6 is 23.2 Å². The highest BCUT2D eigenvalue weighted by Gasteiger charge is 2.26. The molecule has 9 nitrogen and oxygen atoms in total. The third-order valence-corrected chi connectivity index (χ3v) is 10.8. The summed E-state index contributed by atoms with van der Waals surface area (Å²) >= 11 is 12.1. The van der Waals surface area contributed by atoms with E-state index in [1.165, 1.54) is 11.1 Å². The first-order valence-corrected chi connectivity index (χ1v) is 19.5. The van der Waals surface area contributed by atoms with E-state index in [1.54, 1.807) is 4.68 Å². The van der Waals surface area contributed by atoms with Crippen molar-refractivity contribution in [2.24, 2.45) is 0 Å². The van der Waals surface area contributed by atoms with Gasteiger partial charge in [0.1, 0.15) is 6.61 Å². The molecule has 284 valence electrons. The van der Waals surface area contributed by atoms with E-state index >= 15 is 0 Å². The molecule has 0 radical (unpaired) electrons. The summed E-state index contributed by atoms with van der Waals surface area (Å²) in [5.74, 6) is -0.923. The monoisotopic (exact) mass is 769 g/mol. The summed E-state index contributed by atoms with van der Waals surface area (Å²) in [5.41, 5.74) is 4.63.